The summed E-state index contributed by atoms with van der Waals surface area (Å²) >= 11 is 0. The number of hydrogen-bond acceptors (Lipinski definition) is 3. The molecular formula is C22H36N4O. The quantitative estimate of drug-likeness (QED) is 0.531. The number of guanidine groups is 1. The number of piperidine rings is 1. The molecule has 0 aromatic heterocycles. The molecule has 0 spiro atoms. The van der Waals surface area contributed by atoms with Crippen LogP contribution in [0.4, 0.5) is 0 Å². The Balaban J connectivity index is 1.69. The van der Waals surface area contributed by atoms with Gasteiger partial charge in [0.15, 0.2) is 5.96 Å². The van der Waals surface area contributed by atoms with Gasteiger partial charge in [0.25, 0.3) is 0 Å². The fourth-order valence-corrected chi connectivity index (χ4v) is 4.41. The topological polar surface area (TPSA) is 59.9 Å². The van der Waals surface area contributed by atoms with Crippen LogP contribution in [0.1, 0.15) is 64.0 Å². The Kier molecular flexibility index (Phi) is 7.13. The summed E-state index contributed by atoms with van der Waals surface area (Å²) in [5, 5.41) is 17.2. The van der Waals surface area contributed by atoms with E-state index in [-0.39, 0.29) is 11.6 Å². The Morgan fingerprint density at radius 2 is 1.89 bits per heavy atom. The van der Waals surface area contributed by atoms with Crippen molar-refractivity contribution in [1.82, 2.24) is 15.5 Å². The Labute approximate surface area is 164 Å². The van der Waals surface area contributed by atoms with E-state index in [0.29, 0.717) is 6.04 Å². The van der Waals surface area contributed by atoms with Crippen LogP contribution in [-0.4, -0.2) is 53.8 Å². The third kappa shape index (κ3) is 5.45. The maximum Gasteiger partial charge on any atom is 0.193 e. The summed E-state index contributed by atoms with van der Waals surface area (Å²) in [6.07, 6.45) is 6.43. The summed E-state index contributed by atoms with van der Waals surface area (Å²) in [4.78, 5) is 7.36. The number of rotatable bonds is 6. The number of likely N-dealkylation sites (tertiary alicyclic amines) is 1. The van der Waals surface area contributed by atoms with Crippen LogP contribution in [0.2, 0.25) is 0 Å². The first-order valence-corrected chi connectivity index (χ1v) is 10.7. The van der Waals surface area contributed by atoms with Crippen LogP contribution in [0, 0.1) is 0 Å². The fraction of sp³-hybridized carbons (Fsp3) is 0.682. The normalized spacial score (nSPS) is 22.0. The number of nitrogens with zero attached hydrogens (tertiary/aromatic N) is 2. The first-order valence-electron chi connectivity index (χ1n) is 10.7. The molecule has 5 nitrogen and oxygen atoms in total. The van der Waals surface area contributed by atoms with Crippen molar-refractivity contribution in [3.05, 3.63) is 35.9 Å². The van der Waals surface area contributed by atoms with Crippen LogP contribution < -0.4 is 10.6 Å². The molecule has 150 valence electrons. The first kappa shape index (κ1) is 20.2. The molecular weight excluding hydrogens is 336 g/mol. The number of benzene rings is 1. The number of aliphatic hydroxyl groups is 1. The van der Waals surface area contributed by atoms with Crippen LogP contribution >= 0.6 is 0 Å². The molecule has 3 rings (SSSR count). The average Bonchev–Trinajstić information content (AvgIpc) is 3.15. The van der Waals surface area contributed by atoms with Gasteiger partial charge >= 0.3 is 0 Å². The molecule has 3 N–H and O–H groups in total. The van der Waals surface area contributed by atoms with Crippen LogP contribution in [0.5, 0.6) is 0 Å². The van der Waals surface area contributed by atoms with Gasteiger partial charge in [0, 0.05) is 31.2 Å². The lowest BCUT2D eigenvalue weighted by molar-refractivity contribution is 0.108. The molecule has 1 heterocycles. The molecule has 0 radical (unpaired) electrons. The molecule has 1 atom stereocenters. The molecule has 0 amide bonds. The van der Waals surface area contributed by atoms with E-state index >= 15 is 0 Å². The number of aliphatic hydroxyl groups excluding tert-OH is 1. The average molecular weight is 373 g/mol. The Morgan fingerprint density at radius 3 is 2.52 bits per heavy atom. The van der Waals surface area contributed by atoms with E-state index in [1.54, 1.807) is 0 Å². The van der Waals surface area contributed by atoms with Crippen LogP contribution in [0.3, 0.4) is 0 Å². The molecule has 1 aromatic rings. The monoisotopic (exact) mass is 372 g/mol. The fourth-order valence-electron chi connectivity index (χ4n) is 4.41. The third-order valence-corrected chi connectivity index (χ3v) is 6.01. The lowest BCUT2D eigenvalue weighted by Gasteiger charge is -2.35. The summed E-state index contributed by atoms with van der Waals surface area (Å²) in [6, 6.07) is 11.0. The summed E-state index contributed by atoms with van der Waals surface area (Å²) < 4.78 is 0. The van der Waals surface area contributed by atoms with E-state index in [9.17, 15) is 5.11 Å². The highest BCUT2D eigenvalue weighted by Crippen LogP contribution is 2.32. The maximum atomic E-state index is 9.79. The number of hydrogen-bond donors (Lipinski definition) is 3. The van der Waals surface area contributed by atoms with Crippen molar-refractivity contribution in [2.24, 2.45) is 4.99 Å². The molecule has 0 bridgehead atoms. The molecule has 1 saturated heterocycles. The second-order valence-corrected chi connectivity index (χ2v) is 8.15. The van der Waals surface area contributed by atoms with Crippen molar-refractivity contribution in [3.8, 4) is 0 Å². The van der Waals surface area contributed by atoms with Crippen molar-refractivity contribution >= 4 is 5.96 Å². The molecule has 2 fully saturated rings. The van der Waals surface area contributed by atoms with Gasteiger partial charge in [-0.3, -0.25) is 4.99 Å². The molecule has 5 heteroatoms. The summed E-state index contributed by atoms with van der Waals surface area (Å²) in [5.41, 5.74) is 1.43. The largest absolute Gasteiger partial charge is 0.393 e. The van der Waals surface area contributed by atoms with Crippen LogP contribution in [-0.2, 0) is 0 Å². The van der Waals surface area contributed by atoms with E-state index in [1.165, 1.54) is 31.2 Å². The van der Waals surface area contributed by atoms with Gasteiger partial charge in [-0.15, -0.1) is 0 Å². The molecule has 1 aromatic carbocycles. The van der Waals surface area contributed by atoms with Crippen LogP contribution in [0.15, 0.2) is 35.3 Å². The van der Waals surface area contributed by atoms with E-state index < -0.39 is 0 Å². The van der Waals surface area contributed by atoms with Gasteiger partial charge in [-0.05, 0) is 45.1 Å². The van der Waals surface area contributed by atoms with Crippen LogP contribution in [0.25, 0.3) is 0 Å². The standard InChI is InChI=1S/C22H36N4O/c1-3-23-21(26-15-11-20(27)12-16-26)24-17-22(13-7-8-14-22)25-18(2)19-9-5-4-6-10-19/h4-6,9-10,18,20,25,27H,3,7-8,11-17H2,1-2H3,(H,23,24). The van der Waals surface area contributed by atoms with Gasteiger partial charge < -0.3 is 20.6 Å². The first-order chi connectivity index (χ1) is 13.1. The number of nitrogens with one attached hydrogen (secondary N) is 2. The SMILES string of the molecule is CCNC(=NCC1(NC(C)c2ccccc2)CCCC1)N1CCC(O)CC1. The summed E-state index contributed by atoms with van der Waals surface area (Å²) in [5.74, 6) is 1.00. The zero-order chi connectivity index (χ0) is 19.1. The van der Waals surface area contributed by atoms with Gasteiger partial charge in [-0.2, -0.15) is 0 Å². The minimum absolute atomic E-state index is 0.0885. The van der Waals surface area contributed by atoms with Gasteiger partial charge in [-0.25, -0.2) is 0 Å². The molecule has 2 aliphatic rings. The number of aliphatic imine (C=N–C) groups is 1. The van der Waals surface area contributed by atoms with Crippen molar-refractivity contribution in [1.29, 1.82) is 0 Å². The van der Waals surface area contributed by atoms with Crippen molar-refractivity contribution in [3.63, 3.8) is 0 Å². The van der Waals surface area contributed by atoms with Crippen molar-refractivity contribution in [2.75, 3.05) is 26.2 Å². The van der Waals surface area contributed by atoms with Gasteiger partial charge in [-0.1, -0.05) is 43.2 Å². The van der Waals surface area contributed by atoms with Crippen molar-refractivity contribution < 1.29 is 5.11 Å². The predicted molar refractivity (Wildman–Crippen MR) is 112 cm³/mol. The van der Waals surface area contributed by atoms with Gasteiger partial charge in [0.1, 0.15) is 0 Å². The van der Waals surface area contributed by atoms with E-state index in [2.05, 4.69) is 59.7 Å². The molecule has 1 saturated carbocycles. The zero-order valence-electron chi connectivity index (χ0n) is 17.0. The van der Waals surface area contributed by atoms with E-state index in [4.69, 9.17) is 4.99 Å². The van der Waals surface area contributed by atoms with E-state index in [1.807, 2.05) is 0 Å². The van der Waals surface area contributed by atoms with E-state index in [0.717, 1.165) is 45.0 Å². The summed E-state index contributed by atoms with van der Waals surface area (Å²) in [6.45, 7) is 7.83. The molecule has 27 heavy (non-hydrogen) atoms. The Morgan fingerprint density at radius 1 is 1.22 bits per heavy atom. The third-order valence-electron chi connectivity index (χ3n) is 6.01. The highest BCUT2D eigenvalue weighted by Gasteiger charge is 2.35. The highest BCUT2D eigenvalue weighted by molar-refractivity contribution is 5.80. The van der Waals surface area contributed by atoms with Crippen molar-refractivity contribution in [2.45, 2.75) is 70.1 Å². The smallest absolute Gasteiger partial charge is 0.193 e. The lowest BCUT2D eigenvalue weighted by atomic mass is 9.95. The highest BCUT2D eigenvalue weighted by atomic mass is 16.3. The zero-order valence-corrected chi connectivity index (χ0v) is 17.0. The second-order valence-electron chi connectivity index (χ2n) is 8.15. The maximum absolute atomic E-state index is 9.79. The minimum Gasteiger partial charge on any atom is -0.393 e. The summed E-state index contributed by atoms with van der Waals surface area (Å²) in [7, 11) is 0. The second kappa shape index (κ2) is 9.56. The lowest BCUT2D eigenvalue weighted by Crippen LogP contribution is -2.50. The van der Waals surface area contributed by atoms with Gasteiger partial charge in [0.05, 0.1) is 12.6 Å². The predicted octanol–water partition coefficient (Wildman–Crippen LogP) is 3.07. The molecule has 1 unspecified atom stereocenters. The Bertz CT molecular complexity index is 590. The van der Waals surface area contributed by atoms with Gasteiger partial charge in [0.2, 0.25) is 0 Å². The minimum atomic E-state index is -0.154. The Hall–Kier alpha value is -1.59. The molecule has 1 aliphatic heterocycles. The molecule has 1 aliphatic carbocycles.